The van der Waals surface area contributed by atoms with Gasteiger partial charge < -0.3 is 15.1 Å². The monoisotopic (exact) mass is 423 g/mol. The summed E-state index contributed by atoms with van der Waals surface area (Å²) in [6.45, 7) is 0.496. The predicted molar refractivity (Wildman–Crippen MR) is 109 cm³/mol. The van der Waals surface area contributed by atoms with Crippen molar-refractivity contribution in [3.05, 3.63) is 63.1 Å². The van der Waals surface area contributed by atoms with Crippen LogP contribution < -0.4 is 10.2 Å². The van der Waals surface area contributed by atoms with E-state index in [0.717, 1.165) is 15.7 Å². The van der Waals surface area contributed by atoms with E-state index >= 15 is 0 Å². The normalized spacial score (nSPS) is 12.1. The third kappa shape index (κ3) is 5.21. The first-order valence-corrected chi connectivity index (χ1v) is 9.13. The summed E-state index contributed by atoms with van der Waals surface area (Å²) in [5, 5.41) is 3.43. The fourth-order valence-electron chi connectivity index (χ4n) is 2.55. The zero-order valence-corrected chi connectivity index (χ0v) is 17.2. The van der Waals surface area contributed by atoms with E-state index in [9.17, 15) is 4.79 Å². The van der Waals surface area contributed by atoms with E-state index in [1.165, 1.54) is 0 Å². The van der Waals surface area contributed by atoms with Gasteiger partial charge in [-0.3, -0.25) is 4.79 Å². The number of nitrogens with zero attached hydrogens (tertiary/aromatic N) is 2. The first kappa shape index (κ1) is 19.8. The van der Waals surface area contributed by atoms with Crippen molar-refractivity contribution in [2.45, 2.75) is 6.04 Å². The minimum Gasteiger partial charge on any atom is -0.378 e. The number of benzene rings is 2. The van der Waals surface area contributed by atoms with Crippen molar-refractivity contribution in [1.29, 1.82) is 0 Å². The van der Waals surface area contributed by atoms with Crippen LogP contribution in [0.15, 0.2) is 46.9 Å². The summed E-state index contributed by atoms with van der Waals surface area (Å²) in [7, 11) is 8.03. The van der Waals surface area contributed by atoms with Crippen molar-refractivity contribution in [2.75, 3.05) is 39.6 Å². The van der Waals surface area contributed by atoms with Crippen molar-refractivity contribution in [3.8, 4) is 0 Å². The Kier molecular flexibility index (Phi) is 6.87. The molecule has 0 fully saturated rings. The number of anilines is 1. The summed E-state index contributed by atoms with van der Waals surface area (Å²) in [5.74, 6) is -0.178. The van der Waals surface area contributed by atoms with Crippen LogP contribution in [0.4, 0.5) is 5.69 Å². The van der Waals surface area contributed by atoms with Crippen molar-refractivity contribution in [1.82, 2.24) is 10.2 Å². The summed E-state index contributed by atoms with van der Waals surface area (Å²) in [6, 6.07) is 13.7. The van der Waals surface area contributed by atoms with Crippen LogP contribution in [0, 0.1) is 0 Å². The Bertz CT molecular complexity index is 732. The second kappa shape index (κ2) is 8.70. The van der Waals surface area contributed by atoms with Gasteiger partial charge in [0.2, 0.25) is 0 Å². The lowest BCUT2D eigenvalue weighted by Gasteiger charge is -2.26. The van der Waals surface area contributed by atoms with Gasteiger partial charge in [-0.25, -0.2) is 0 Å². The lowest BCUT2D eigenvalue weighted by Crippen LogP contribution is -2.34. The molecule has 0 saturated heterocycles. The SMILES string of the molecule is CN(C)c1ccc(C(CNC(=O)c2cc(Br)ccc2Cl)N(C)C)cc1. The molecule has 0 aliphatic heterocycles. The van der Waals surface area contributed by atoms with E-state index in [1.54, 1.807) is 12.1 Å². The van der Waals surface area contributed by atoms with Crippen molar-refractivity contribution < 1.29 is 4.79 Å². The third-order valence-electron chi connectivity index (χ3n) is 4.05. The number of hydrogen-bond donors (Lipinski definition) is 1. The highest BCUT2D eigenvalue weighted by molar-refractivity contribution is 9.10. The first-order valence-electron chi connectivity index (χ1n) is 7.96. The predicted octanol–water partition coefficient (Wildman–Crippen LogP) is 4.20. The van der Waals surface area contributed by atoms with Crippen LogP contribution >= 0.6 is 27.5 Å². The van der Waals surface area contributed by atoms with E-state index in [-0.39, 0.29) is 11.9 Å². The van der Waals surface area contributed by atoms with Crippen molar-refractivity contribution in [2.24, 2.45) is 0 Å². The van der Waals surface area contributed by atoms with Crippen molar-refractivity contribution in [3.63, 3.8) is 0 Å². The number of likely N-dealkylation sites (N-methyl/N-ethyl adjacent to an activating group) is 1. The van der Waals surface area contributed by atoms with E-state index in [1.807, 2.05) is 34.3 Å². The maximum absolute atomic E-state index is 12.5. The molecule has 0 heterocycles. The van der Waals surface area contributed by atoms with Crippen LogP contribution in [0.3, 0.4) is 0 Å². The smallest absolute Gasteiger partial charge is 0.252 e. The summed E-state index contributed by atoms with van der Waals surface area (Å²) in [6.07, 6.45) is 0. The minimum atomic E-state index is -0.178. The van der Waals surface area contributed by atoms with Gasteiger partial charge in [0, 0.05) is 30.8 Å². The lowest BCUT2D eigenvalue weighted by molar-refractivity contribution is 0.0942. The van der Waals surface area contributed by atoms with Gasteiger partial charge in [-0.1, -0.05) is 39.7 Å². The Labute approximate surface area is 162 Å². The first-order chi connectivity index (χ1) is 11.8. The third-order valence-corrected chi connectivity index (χ3v) is 4.87. The molecule has 0 aromatic heterocycles. The van der Waals surface area contributed by atoms with Crippen LogP contribution in [0.2, 0.25) is 5.02 Å². The largest absolute Gasteiger partial charge is 0.378 e. The lowest BCUT2D eigenvalue weighted by atomic mass is 10.0. The van der Waals surface area contributed by atoms with E-state index in [4.69, 9.17) is 11.6 Å². The Morgan fingerprint density at radius 1 is 1.12 bits per heavy atom. The Morgan fingerprint density at radius 2 is 1.76 bits per heavy atom. The summed E-state index contributed by atoms with van der Waals surface area (Å²) in [5.41, 5.74) is 2.76. The molecule has 2 aromatic carbocycles. The highest BCUT2D eigenvalue weighted by Crippen LogP contribution is 2.23. The molecule has 6 heteroatoms. The molecule has 0 aliphatic carbocycles. The standard InChI is InChI=1S/C19H23BrClN3O/c1-23(2)15-8-5-13(6-9-15)18(24(3)4)12-22-19(25)16-11-14(20)7-10-17(16)21/h5-11,18H,12H2,1-4H3,(H,22,25). The molecule has 2 rings (SSSR count). The summed E-state index contributed by atoms with van der Waals surface area (Å²) in [4.78, 5) is 16.6. The molecule has 25 heavy (non-hydrogen) atoms. The number of carbonyl (C=O) groups is 1. The second-order valence-electron chi connectivity index (χ2n) is 6.30. The average Bonchev–Trinajstić information content (AvgIpc) is 2.57. The molecule has 1 atom stereocenters. The van der Waals surface area contributed by atoms with Gasteiger partial charge >= 0.3 is 0 Å². The number of hydrogen-bond acceptors (Lipinski definition) is 3. The second-order valence-corrected chi connectivity index (χ2v) is 7.62. The highest BCUT2D eigenvalue weighted by atomic mass is 79.9. The fraction of sp³-hybridized carbons (Fsp3) is 0.316. The average molecular weight is 425 g/mol. The maximum atomic E-state index is 12.5. The van der Waals surface area contributed by atoms with Gasteiger partial charge in [0.25, 0.3) is 5.91 Å². The van der Waals surface area contributed by atoms with Gasteiger partial charge in [0.05, 0.1) is 16.6 Å². The van der Waals surface area contributed by atoms with Gasteiger partial charge in [-0.15, -0.1) is 0 Å². The number of nitrogens with one attached hydrogen (secondary N) is 1. The Hall–Kier alpha value is -1.56. The molecule has 4 nitrogen and oxygen atoms in total. The van der Waals surface area contributed by atoms with Gasteiger partial charge in [0.1, 0.15) is 0 Å². The molecule has 134 valence electrons. The number of rotatable bonds is 6. The molecule has 0 spiro atoms. The molecule has 1 N–H and O–H groups in total. The fourth-order valence-corrected chi connectivity index (χ4v) is 3.11. The number of amides is 1. The molecule has 1 amide bonds. The topological polar surface area (TPSA) is 35.6 Å². The van der Waals surface area contributed by atoms with E-state index < -0.39 is 0 Å². The zero-order valence-electron chi connectivity index (χ0n) is 14.9. The molecular weight excluding hydrogens is 402 g/mol. The molecule has 0 bridgehead atoms. The Balaban J connectivity index is 2.11. The molecule has 2 aromatic rings. The molecule has 0 radical (unpaired) electrons. The van der Waals surface area contributed by atoms with Crippen molar-refractivity contribution >= 4 is 39.1 Å². The van der Waals surface area contributed by atoms with E-state index in [0.29, 0.717) is 17.1 Å². The van der Waals surface area contributed by atoms with Gasteiger partial charge in [0.15, 0.2) is 0 Å². The van der Waals surface area contributed by atoms with E-state index in [2.05, 4.69) is 55.3 Å². The molecular formula is C19H23BrClN3O. The number of halogens is 2. The Morgan fingerprint density at radius 3 is 2.32 bits per heavy atom. The summed E-state index contributed by atoms with van der Waals surface area (Å²) >= 11 is 9.51. The number of carbonyl (C=O) groups excluding carboxylic acids is 1. The molecule has 1 unspecified atom stereocenters. The van der Waals surface area contributed by atoms with Gasteiger partial charge in [-0.2, -0.15) is 0 Å². The molecule has 0 aliphatic rings. The molecule has 0 saturated carbocycles. The zero-order chi connectivity index (χ0) is 18.6. The highest BCUT2D eigenvalue weighted by Gasteiger charge is 2.17. The van der Waals surface area contributed by atoms with Crippen LogP contribution in [-0.2, 0) is 0 Å². The quantitative estimate of drug-likeness (QED) is 0.755. The summed E-state index contributed by atoms with van der Waals surface area (Å²) < 4.78 is 0.825. The van der Waals surface area contributed by atoms with Crippen LogP contribution in [0.25, 0.3) is 0 Å². The van der Waals surface area contributed by atoms with Crippen LogP contribution in [0.5, 0.6) is 0 Å². The maximum Gasteiger partial charge on any atom is 0.252 e. The van der Waals surface area contributed by atoms with Crippen LogP contribution in [-0.4, -0.2) is 45.5 Å². The van der Waals surface area contributed by atoms with Gasteiger partial charge in [-0.05, 0) is 50.0 Å². The van der Waals surface area contributed by atoms with Crippen LogP contribution in [0.1, 0.15) is 22.0 Å². The minimum absolute atomic E-state index is 0.0751.